The monoisotopic (exact) mass is 411 g/mol. The molecule has 6 nitrogen and oxygen atoms in total. The van der Waals surface area contributed by atoms with Crippen molar-refractivity contribution >= 4 is 34.0 Å². The Morgan fingerprint density at radius 3 is 2.58 bits per heavy atom. The number of aromatic nitrogens is 1. The molecule has 0 saturated carbocycles. The Hall–Kier alpha value is -3.19. The number of nitrogens with zero attached hydrogens (tertiary/aromatic N) is 2. The highest BCUT2D eigenvalue weighted by Gasteiger charge is 2.07. The Kier molecular flexibility index (Phi) is 5.28. The minimum Gasteiger partial charge on any atom is -0.478 e. The molecule has 3 aromatic rings. The lowest BCUT2D eigenvalue weighted by atomic mass is 10.2. The van der Waals surface area contributed by atoms with Crippen LogP contribution in [0.5, 0.6) is 0 Å². The highest BCUT2D eigenvalue weighted by Crippen LogP contribution is 2.14. The van der Waals surface area contributed by atoms with Gasteiger partial charge in [-0.15, -0.1) is 0 Å². The molecule has 3 rings (SSSR count). The first kappa shape index (κ1) is 17.6. The number of carbonyl (C=O) groups excluding carboxylic acids is 1. The molecular weight excluding hydrogens is 398 g/mol. The van der Waals surface area contributed by atoms with E-state index in [-0.39, 0.29) is 11.5 Å². The Morgan fingerprint density at radius 2 is 1.81 bits per heavy atom. The normalized spacial score (nSPS) is 10.8. The smallest absolute Gasteiger partial charge is 0.335 e. The van der Waals surface area contributed by atoms with E-state index in [1.165, 1.54) is 12.3 Å². The number of rotatable bonds is 5. The summed E-state index contributed by atoms with van der Waals surface area (Å²) in [5.41, 5.74) is 4.54. The van der Waals surface area contributed by atoms with Crippen LogP contribution in [-0.2, 0) is 0 Å². The molecule has 0 bridgehead atoms. The number of hydrazone groups is 1. The van der Waals surface area contributed by atoms with Crippen LogP contribution in [0.3, 0.4) is 0 Å². The molecule has 0 aliphatic heterocycles. The van der Waals surface area contributed by atoms with Gasteiger partial charge in [-0.05, 0) is 48.5 Å². The van der Waals surface area contributed by atoms with E-state index in [0.717, 1.165) is 4.47 Å². The number of halogens is 1. The van der Waals surface area contributed by atoms with Crippen LogP contribution in [0.15, 0.2) is 76.4 Å². The van der Waals surface area contributed by atoms with Gasteiger partial charge in [0.1, 0.15) is 0 Å². The number of carboxylic acid groups (broad SMARTS) is 1. The fourth-order valence-electron chi connectivity index (χ4n) is 2.37. The van der Waals surface area contributed by atoms with Crippen molar-refractivity contribution in [2.45, 2.75) is 0 Å². The number of hydrogen-bond acceptors (Lipinski definition) is 3. The molecule has 7 heteroatoms. The third-order valence-electron chi connectivity index (χ3n) is 3.60. The van der Waals surface area contributed by atoms with Crippen LogP contribution in [0.2, 0.25) is 0 Å². The van der Waals surface area contributed by atoms with Gasteiger partial charge in [0.25, 0.3) is 5.91 Å². The minimum absolute atomic E-state index is 0.196. The summed E-state index contributed by atoms with van der Waals surface area (Å²) in [5, 5.41) is 13.1. The van der Waals surface area contributed by atoms with Crippen molar-refractivity contribution in [1.82, 2.24) is 9.99 Å². The predicted octanol–water partition coefficient (Wildman–Crippen LogP) is 3.70. The van der Waals surface area contributed by atoms with Crippen LogP contribution in [0.4, 0.5) is 0 Å². The fourth-order valence-corrected chi connectivity index (χ4v) is 2.77. The van der Waals surface area contributed by atoms with E-state index >= 15 is 0 Å². The average molecular weight is 412 g/mol. The highest BCUT2D eigenvalue weighted by atomic mass is 79.9. The molecule has 0 fully saturated rings. The van der Waals surface area contributed by atoms with Crippen molar-refractivity contribution in [2.75, 3.05) is 0 Å². The Balaban J connectivity index is 1.77. The molecule has 1 heterocycles. The van der Waals surface area contributed by atoms with Crippen LogP contribution < -0.4 is 5.43 Å². The second kappa shape index (κ2) is 7.79. The van der Waals surface area contributed by atoms with Crippen molar-refractivity contribution in [3.8, 4) is 5.69 Å². The molecule has 0 atom stereocenters. The Morgan fingerprint density at radius 1 is 1.04 bits per heavy atom. The fraction of sp³-hybridized carbons (Fsp3) is 0. The topological polar surface area (TPSA) is 83.7 Å². The second-order valence-corrected chi connectivity index (χ2v) is 6.28. The first-order valence-electron chi connectivity index (χ1n) is 7.64. The summed E-state index contributed by atoms with van der Waals surface area (Å²) < 4.78 is 2.59. The lowest BCUT2D eigenvalue weighted by Crippen LogP contribution is -2.17. The van der Waals surface area contributed by atoms with Gasteiger partial charge in [0.15, 0.2) is 0 Å². The summed E-state index contributed by atoms with van der Waals surface area (Å²) in [6.07, 6.45) is 3.29. The van der Waals surface area contributed by atoms with Crippen molar-refractivity contribution < 1.29 is 14.7 Å². The molecule has 1 aromatic heterocycles. The van der Waals surface area contributed by atoms with Crippen LogP contribution in [0.1, 0.15) is 26.4 Å². The number of aromatic carboxylic acids is 1. The third kappa shape index (κ3) is 4.07. The van der Waals surface area contributed by atoms with Crippen molar-refractivity contribution in [1.29, 1.82) is 0 Å². The van der Waals surface area contributed by atoms with E-state index in [2.05, 4.69) is 26.5 Å². The molecule has 0 aliphatic rings. The van der Waals surface area contributed by atoms with E-state index in [1.54, 1.807) is 47.2 Å². The number of carbonyl (C=O) groups is 2. The zero-order chi connectivity index (χ0) is 18.5. The zero-order valence-electron chi connectivity index (χ0n) is 13.5. The zero-order valence-corrected chi connectivity index (χ0v) is 15.1. The summed E-state index contributed by atoms with van der Waals surface area (Å²) in [7, 11) is 0. The Labute approximate surface area is 157 Å². The number of amides is 1. The van der Waals surface area contributed by atoms with Crippen molar-refractivity contribution in [3.63, 3.8) is 0 Å². The third-order valence-corrected chi connectivity index (χ3v) is 4.09. The Bertz CT molecular complexity index is 995. The summed E-state index contributed by atoms with van der Waals surface area (Å²) in [6.45, 7) is 0. The molecule has 26 heavy (non-hydrogen) atoms. The molecule has 0 radical (unpaired) electrons. The summed E-state index contributed by atoms with van der Waals surface area (Å²) in [5.74, 6) is -1.32. The van der Waals surface area contributed by atoms with Crippen LogP contribution in [-0.4, -0.2) is 27.8 Å². The lowest BCUT2D eigenvalue weighted by molar-refractivity contribution is 0.0696. The maximum atomic E-state index is 12.1. The molecule has 2 N–H and O–H groups in total. The molecule has 0 unspecified atom stereocenters. The maximum Gasteiger partial charge on any atom is 0.335 e. The second-order valence-electron chi connectivity index (χ2n) is 5.37. The average Bonchev–Trinajstić information content (AvgIpc) is 3.10. The van der Waals surface area contributed by atoms with Crippen LogP contribution in [0.25, 0.3) is 5.69 Å². The molecule has 0 spiro atoms. The first-order valence-corrected chi connectivity index (χ1v) is 8.44. The van der Waals surface area contributed by atoms with E-state index in [9.17, 15) is 9.59 Å². The predicted molar refractivity (Wildman–Crippen MR) is 102 cm³/mol. The van der Waals surface area contributed by atoms with Gasteiger partial charge in [-0.2, -0.15) is 5.10 Å². The SMILES string of the molecule is O=C(O)c1cccc(-n2cccc2/C=N\NC(=O)c2cccc(Br)c2)c1. The van der Waals surface area contributed by atoms with Gasteiger partial charge < -0.3 is 9.67 Å². The summed E-state index contributed by atoms with van der Waals surface area (Å²) >= 11 is 3.32. The largest absolute Gasteiger partial charge is 0.478 e. The minimum atomic E-state index is -0.990. The van der Waals surface area contributed by atoms with Crippen molar-refractivity contribution in [2.24, 2.45) is 5.10 Å². The number of benzene rings is 2. The van der Waals surface area contributed by atoms with Gasteiger partial charge in [-0.25, -0.2) is 10.2 Å². The van der Waals surface area contributed by atoms with Gasteiger partial charge >= 0.3 is 5.97 Å². The van der Waals surface area contributed by atoms with Gasteiger partial charge in [-0.1, -0.05) is 28.1 Å². The summed E-state index contributed by atoms with van der Waals surface area (Å²) in [6, 6.07) is 17.2. The number of carboxylic acids is 1. The van der Waals surface area contributed by atoms with Crippen molar-refractivity contribution in [3.05, 3.63) is 88.2 Å². The molecule has 130 valence electrons. The summed E-state index contributed by atoms with van der Waals surface area (Å²) in [4.78, 5) is 23.2. The number of nitrogens with one attached hydrogen (secondary N) is 1. The van der Waals surface area contributed by atoms with Crippen LogP contribution in [0, 0.1) is 0 Å². The maximum absolute atomic E-state index is 12.1. The van der Waals surface area contributed by atoms with Crippen LogP contribution >= 0.6 is 15.9 Å². The van der Waals surface area contributed by atoms with Gasteiger partial charge in [-0.3, -0.25) is 4.79 Å². The molecule has 0 aliphatic carbocycles. The van der Waals surface area contributed by atoms with E-state index in [4.69, 9.17) is 5.11 Å². The molecule has 1 amide bonds. The van der Waals surface area contributed by atoms with E-state index in [0.29, 0.717) is 16.9 Å². The molecule has 0 saturated heterocycles. The lowest BCUT2D eigenvalue weighted by Gasteiger charge is -2.07. The first-order chi connectivity index (χ1) is 12.5. The highest BCUT2D eigenvalue weighted by molar-refractivity contribution is 9.10. The van der Waals surface area contributed by atoms with Gasteiger partial charge in [0.2, 0.25) is 0 Å². The van der Waals surface area contributed by atoms with E-state index in [1.807, 2.05) is 18.2 Å². The molecule has 2 aromatic carbocycles. The van der Waals surface area contributed by atoms with Gasteiger partial charge in [0.05, 0.1) is 17.5 Å². The quantitative estimate of drug-likeness (QED) is 0.495. The number of hydrogen-bond donors (Lipinski definition) is 2. The molecular formula is C19H14BrN3O3. The van der Waals surface area contributed by atoms with E-state index < -0.39 is 5.97 Å². The standard InChI is InChI=1S/C19H14BrN3O3/c20-15-6-1-4-13(10-15)18(24)22-21-12-17-8-3-9-23(17)16-7-2-5-14(11-16)19(25)26/h1-12H,(H,22,24)(H,25,26)/b21-12-. The van der Waals surface area contributed by atoms with Gasteiger partial charge in [0, 0.05) is 21.9 Å².